The van der Waals surface area contributed by atoms with Crippen molar-refractivity contribution in [1.29, 1.82) is 0 Å². The molecule has 3 N–H and O–H groups in total. The fourth-order valence-corrected chi connectivity index (χ4v) is 2.94. The molecule has 2 aromatic rings. The van der Waals surface area contributed by atoms with Crippen LogP contribution in [0.25, 0.3) is 0 Å². The summed E-state index contributed by atoms with van der Waals surface area (Å²) in [5.41, 5.74) is 0.533. The Hall–Kier alpha value is -2.88. The van der Waals surface area contributed by atoms with E-state index >= 15 is 0 Å². The summed E-state index contributed by atoms with van der Waals surface area (Å²) in [6, 6.07) is 2.92. The maximum atomic E-state index is 13.4. The first-order valence-corrected chi connectivity index (χ1v) is 8.52. The Morgan fingerprint density at radius 2 is 2.19 bits per heavy atom. The van der Waals surface area contributed by atoms with E-state index in [0.717, 1.165) is 12.1 Å². The molecule has 1 aromatic heterocycles. The Morgan fingerprint density at radius 3 is 2.89 bits per heavy atom. The van der Waals surface area contributed by atoms with Crippen molar-refractivity contribution in [3.8, 4) is 0 Å². The van der Waals surface area contributed by atoms with Crippen LogP contribution in [-0.2, 0) is 22.7 Å². The predicted octanol–water partition coefficient (Wildman–Crippen LogP) is 0.398. The molecule has 0 radical (unpaired) electrons. The number of hydrogen-bond acceptors (Lipinski definition) is 5. The van der Waals surface area contributed by atoms with Crippen LogP contribution in [0.2, 0.25) is 0 Å². The summed E-state index contributed by atoms with van der Waals surface area (Å²) in [4.78, 5) is 30.3. The van der Waals surface area contributed by atoms with Gasteiger partial charge in [-0.2, -0.15) is 5.10 Å². The van der Waals surface area contributed by atoms with Crippen molar-refractivity contribution in [2.75, 3.05) is 13.1 Å². The monoisotopic (exact) mass is 378 g/mol. The number of H-pyrrole nitrogens is 1. The number of carbonyl (C=O) groups is 2. The molecule has 1 aromatic carbocycles. The summed E-state index contributed by atoms with van der Waals surface area (Å²) in [5.74, 6) is -1.36. The molecule has 0 saturated carbocycles. The molecule has 3 rings (SSSR count). The lowest BCUT2D eigenvalue weighted by molar-refractivity contribution is -0.134. The molecule has 8 nitrogen and oxygen atoms in total. The second-order valence-electron chi connectivity index (χ2n) is 6.34. The van der Waals surface area contributed by atoms with Crippen molar-refractivity contribution in [3.05, 3.63) is 47.0 Å². The zero-order valence-electron chi connectivity index (χ0n) is 14.8. The zero-order valence-corrected chi connectivity index (χ0v) is 14.8. The van der Waals surface area contributed by atoms with E-state index < -0.39 is 17.7 Å². The molecule has 27 heavy (non-hydrogen) atoms. The third-order valence-corrected chi connectivity index (χ3v) is 4.28. The van der Waals surface area contributed by atoms with Gasteiger partial charge in [0.05, 0.1) is 19.0 Å². The van der Waals surface area contributed by atoms with Crippen molar-refractivity contribution in [1.82, 2.24) is 30.7 Å². The number of nitrogens with zero attached hydrogens (tertiary/aromatic N) is 3. The number of aromatic nitrogens is 3. The molecule has 0 spiro atoms. The van der Waals surface area contributed by atoms with Crippen LogP contribution in [0.5, 0.6) is 0 Å². The lowest BCUT2D eigenvalue weighted by Gasteiger charge is -2.34. The van der Waals surface area contributed by atoms with Gasteiger partial charge in [0.1, 0.15) is 5.82 Å². The van der Waals surface area contributed by atoms with Crippen molar-refractivity contribution >= 4 is 11.8 Å². The molecule has 1 aliphatic rings. The second kappa shape index (κ2) is 8.21. The normalized spacial score (nSPS) is 17.6. The molecule has 0 unspecified atom stereocenters. The summed E-state index contributed by atoms with van der Waals surface area (Å²) >= 11 is 0. The third kappa shape index (κ3) is 4.85. The average molecular weight is 378 g/mol. The van der Waals surface area contributed by atoms with Crippen molar-refractivity contribution in [3.63, 3.8) is 0 Å². The first-order chi connectivity index (χ1) is 12.9. The number of aryl methyl sites for hydroxylation is 1. The Kier molecular flexibility index (Phi) is 5.75. The van der Waals surface area contributed by atoms with E-state index in [0.29, 0.717) is 30.3 Å². The Balaban J connectivity index is 1.62. The highest BCUT2D eigenvalue weighted by atomic mass is 19.2. The van der Waals surface area contributed by atoms with Gasteiger partial charge in [-0.3, -0.25) is 19.6 Å². The number of aromatic amines is 1. The molecule has 1 aliphatic heterocycles. The number of carbonyl (C=O) groups excluding carboxylic acids is 2. The molecule has 0 bridgehead atoms. The number of benzene rings is 1. The average Bonchev–Trinajstić information content (AvgIpc) is 3.05. The Morgan fingerprint density at radius 1 is 1.37 bits per heavy atom. The molecule has 1 atom stereocenters. The van der Waals surface area contributed by atoms with Crippen LogP contribution in [0, 0.1) is 18.6 Å². The van der Waals surface area contributed by atoms with Gasteiger partial charge in [-0.05, 0) is 24.6 Å². The SMILES string of the molecule is Cc1nc(CNC(=O)C[C@H]2C(=O)NCCN2Cc2ccc(F)c(F)c2)n[nH]1. The van der Waals surface area contributed by atoms with Crippen molar-refractivity contribution in [2.24, 2.45) is 0 Å². The van der Waals surface area contributed by atoms with Gasteiger partial charge in [0.2, 0.25) is 11.8 Å². The highest BCUT2D eigenvalue weighted by Crippen LogP contribution is 2.16. The molecular weight excluding hydrogens is 358 g/mol. The number of hydrogen-bond donors (Lipinski definition) is 3. The van der Waals surface area contributed by atoms with E-state index in [-0.39, 0.29) is 31.3 Å². The number of halogens is 2. The van der Waals surface area contributed by atoms with E-state index in [1.54, 1.807) is 11.8 Å². The summed E-state index contributed by atoms with van der Waals surface area (Å²) in [6.07, 6.45) is -0.0566. The number of amides is 2. The molecule has 0 aliphatic carbocycles. The van der Waals surface area contributed by atoms with Gasteiger partial charge in [0, 0.05) is 19.6 Å². The number of piperazine rings is 1. The number of nitrogens with one attached hydrogen (secondary N) is 3. The smallest absolute Gasteiger partial charge is 0.237 e. The largest absolute Gasteiger partial charge is 0.353 e. The van der Waals surface area contributed by atoms with Gasteiger partial charge in [-0.1, -0.05) is 6.07 Å². The minimum absolute atomic E-state index is 0.0566. The molecule has 10 heteroatoms. The van der Waals surface area contributed by atoms with E-state index in [2.05, 4.69) is 25.8 Å². The number of rotatable bonds is 6. The van der Waals surface area contributed by atoms with Crippen molar-refractivity contribution < 1.29 is 18.4 Å². The second-order valence-corrected chi connectivity index (χ2v) is 6.34. The quantitative estimate of drug-likeness (QED) is 0.675. The Labute approximate surface area is 154 Å². The summed E-state index contributed by atoms with van der Waals surface area (Å²) in [7, 11) is 0. The molecular formula is C17H20F2N6O2. The lowest BCUT2D eigenvalue weighted by atomic mass is 10.1. The van der Waals surface area contributed by atoms with E-state index in [9.17, 15) is 18.4 Å². The highest BCUT2D eigenvalue weighted by molar-refractivity contribution is 5.88. The lowest BCUT2D eigenvalue weighted by Crippen LogP contribution is -2.56. The highest BCUT2D eigenvalue weighted by Gasteiger charge is 2.31. The van der Waals surface area contributed by atoms with E-state index in [1.807, 2.05) is 0 Å². The molecule has 2 heterocycles. The zero-order chi connectivity index (χ0) is 19.4. The van der Waals surface area contributed by atoms with E-state index in [4.69, 9.17) is 0 Å². The molecule has 1 saturated heterocycles. The maximum absolute atomic E-state index is 13.4. The third-order valence-electron chi connectivity index (χ3n) is 4.28. The summed E-state index contributed by atoms with van der Waals surface area (Å²) in [6.45, 7) is 3.07. The van der Waals surface area contributed by atoms with Crippen LogP contribution < -0.4 is 10.6 Å². The van der Waals surface area contributed by atoms with Crippen molar-refractivity contribution in [2.45, 2.75) is 32.5 Å². The van der Waals surface area contributed by atoms with Crippen LogP contribution in [0.15, 0.2) is 18.2 Å². The molecule has 1 fully saturated rings. The first-order valence-electron chi connectivity index (χ1n) is 8.52. The summed E-state index contributed by atoms with van der Waals surface area (Å²) in [5, 5.41) is 12.0. The van der Waals surface area contributed by atoms with Crippen LogP contribution in [0.1, 0.15) is 23.6 Å². The van der Waals surface area contributed by atoms with Crippen LogP contribution >= 0.6 is 0 Å². The van der Waals surface area contributed by atoms with Crippen LogP contribution in [0.4, 0.5) is 8.78 Å². The topological polar surface area (TPSA) is 103 Å². The minimum atomic E-state index is -0.940. The van der Waals surface area contributed by atoms with Gasteiger partial charge in [0.15, 0.2) is 17.5 Å². The van der Waals surface area contributed by atoms with Gasteiger partial charge in [-0.15, -0.1) is 0 Å². The van der Waals surface area contributed by atoms with Crippen LogP contribution in [0.3, 0.4) is 0 Å². The van der Waals surface area contributed by atoms with E-state index in [1.165, 1.54) is 6.07 Å². The Bertz CT molecular complexity index is 841. The molecule has 144 valence electrons. The van der Waals surface area contributed by atoms with Gasteiger partial charge >= 0.3 is 0 Å². The van der Waals surface area contributed by atoms with Gasteiger partial charge < -0.3 is 10.6 Å². The first kappa shape index (κ1) is 18.9. The minimum Gasteiger partial charge on any atom is -0.353 e. The van der Waals surface area contributed by atoms with Crippen LogP contribution in [-0.4, -0.2) is 51.0 Å². The molecule has 2 amide bonds. The summed E-state index contributed by atoms with van der Waals surface area (Å²) < 4.78 is 26.5. The van der Waals surface area contributed by atoms with Gasteiger partial charge in [0.25, 0.3) is 0 Å². The fraction of sp³-hybridized carbons (Fsp3) is 0.412. The predicted molar refractivity (Wildman–Crippen MR) is 91.1 cm³/mol. The standard InChI is InChI=1S/C17H20F2N6O2/c1-10-22-15(24-23-10)8-21-16(26)7-14-17(27)20-4-5-25(14)9-11-2-3-12(18)13(19)6-11/h2-3,6,14H,4-5,7-9H2,1H3,(H,20,27)(H,21,26)(H,22,23,24)/t14-/m0/s1. The van der Waals surface area contributed by atoms with Gasteiger partial charge in [-0.25, -0.2) is 13.8 Å². The fourth-order valence-electron chi connectivity index (χ4n) is 2.94. The maximum Gasteiger partial charge on any atom is 0.237 e.